The van der Waals surface area contributed by atoms with Crippen LogP contribution in [0.3, 0.4) is 0 Å². The summed E-state index contributed by atoms with van der Waals surface area (Å²) in [4.78, 5) is 28.1. The lowest BCUT2D eigenvalue weighted by molar-refractivity contribution is 0.0320. The standard InChI is InChI=1S/C14H11NO4/c1-10(13(16)12-8-5-9-18-12)15-19-14(17)11-6-3-2-4-7-11/h2-9,15H,1H2. The molecule has 0 aliphatic heterocycles. The van der Waals surface area contributed by atoms with Crippen molar-refractivity contribution in [2.24, 2.45) is 0 Å². The minimum absolute atomic E-state index is 0.0840. The van der Waals surface area contributed by atoms with Crippen LogP contribution in [0.2, 0.25) is 0 Å². The fraction of sp³-hybridized carbons (Fsp3) is 0. The fourth-order valence-electron chi connectivity index (χ4n) is 1.34. The third-order valence-corrected chi connectivity index (χ3v) is 2.30. The topological polar surface area (TPSA) is 68.5 Å². The van der Waals surface area contributed by atoms with Crippen LogP contribution < -0.4 is 5.48 Å². The van der Waals surface area contributed by atoms with Gasteiger partial charge < -0.3 is 9.25 Å². The van der Waals surface area contributed by atoms with Crippen molar-refractivity contribution in [3.8, 4) is 0 Å². The zero-order valence-electron chi connectivity index (χ0n) is 9.96. The summed E-state index contributed by atoms with van der Waals surface area (Å²) >= 11 is 0. The van der Waals surface area contributed by atoms with E-state index in [-0.39, 0.29) is 11.5 Å². The number of carbonyl (C=O) groups excluding carboxylic acids is 2. The highest BCUT2D eigenvalue weighted by molar-refractivity contribution is 6.05. The lowest BCUT2D eigenvalue weighted by Crippen LogP contribution is -2.23. The number of ketones is 1. The van der Waals surface area contributed by atoms with Crippen molar-refractivity contribution in [2.75, 3.05) is 0 Å². The average Bonchev–Trinajstić information content (AvgIpc) is 2.98. The first-order valence-corrected chi connectivity index (χ1v) is 5.48. The fourth-order valence-corrected chi connectivity index (χ4v) is 1.34. The average molecular weight is 257 g/mol. The van der Waals surface area contributed by atoms with E-state index in [9.17, 15) is 9.59 Å². The summed E-state index contributed by atoms with van der Waals surface area (Å²) in [7, 11) is 0. The molecule has 19 heavy (non-hydrogen) atoms. The zero-order chi connectivity index (χ0) is 13.7. The first-order valence-electron chi connectivity index (χ1n) is 5.48. The number of allylic oxidation sites excluding steroid dienone is 1. The maximum Gasteiger partial charge on any atom is 0.362 e. The van der Waals surface area contributed by atoms with Gasteiger partial charge in [0.05, 0.1) is 11.8 Å². The largest absolute Gasteiger partial charge is 0.461 e. The molecule has 0 radical (unpaired) electrons. The molecule has 1 aromatic heterocycles. The summed E-state index contributed by atoms with van der Waals surface area (Å²) in [5.74, 6) is -0.965. The Bertz CT molecular complexity index is 587. The molecule has 96 valence electrons. The predicted octanol–water partition coefficient (Wildman–Crippen LogP) is 2.34. The molecule has 2 rings (SSSR count). The first kappa shape index (κ1) is 12.6. The number of rotatable bonds is 5. The number of carbonyl (C=O) groups is 2. The maximum absolute atomic E-state index is 11.7. The van der Waals surface area contributed by atoms with Gasteiger partial charge in [-0.1, -0.05) is 24.8 Å². The number of nitrogens with one attached hydrogen (secondary N) is 1. The lowest BCUT2D eigenvalue weighted by Gasteiger charge is -2.07. The van der Waals surface area contributed by atoms with Crippen molar-refractivity contribution in [1.82, 2.24) is 5.48 Å². The van der Waals surface area contributed by atoms with E-state index in [0.29, 0.717) is 5.56 Å². The minimum atomic E-state index is -0.603. The second-order valence-electron chi connectivity index (χ2n) is 3.64. The van der Waals surface area contributed by atoms with Gasteiger partial charge in [0.25, 0.3) is 0 Å². The van der Waals surface area contributed by atoms with Gasteiger partial charge in [0, 0.05) is 0 Å². The molecule has 0 atom stereocenters. The van der Waals surface area contributed by atoms with Crippen LogP contribution in [0.25, 0.3) is 0 Å². The van der Waals surface area contributed by atoms with Gasteiger partial charge in [-0.3, -0.25) is 4.79 Å². The molecule has 0 spiro atoms. The number of benzene rings is 1. The Hall–Kier alpha value is -2.82. The zero-order valence-corrected chi connectivity index (χ0v) is 9.96. The molecular formula is C14H11NO4. The van der Waals surface area contributed by atoms with E-state index in [1.807, 2.05) is 0 Å². The van der Waals surface area contributed by atoms with E-state index in [1.54, 1.807) is 36.4 Å². The number of hydrogen-bond donors (Lipinski definition) is 1. The van der Waals surface area contributed by atoms with Crippen molar-refractivity contribution < 1.29 is 18.8 Å². The molecule has 0 fully saturated rings. The van der Waals surface area contributed by atoms with Crippen molar-refractivity contribution in [2.45, 2.75) is 0 Å². The molecule has 1 aromatic carbocycles. The highest BCUT2D eigenvalue weighted by Gasteiger charge is 2.15. The summed E-state index contributed by atoms with van der Waals surface area (Å²) in [5, 5.41) is 0. The van der Waals surface area contributed by atoms with Gasteiger partial charge in [-0.05, 0) is 24.3 Å². The highest BCUT2D eigenvalue weighted by atomic mass is 16.7. The molecule has 0 saturated heterocycles. The van der Waals surface area contributed by atoms with Gasteiger partial charge >= 0.3 is 5.97 Å². The van der Waals surface area contributed by atoms with Crippen molar-refractivity contribution in [3.63, 3.8) is 0 Å². The minimum Gasteiger partial charge on any atom is -0.461 e. The second-order valence-corrected chi connectivity index (χ2v) is 3.64. The predicted molar refractivity (Wildman–Crippen MR) is 67.2 cm³/mol. The summed E-state index contributed by atoms with van der Waals surface area (Å²) < 4.78 is 4.92. The van der Waals surface area contributed by atoms with Gasteiger partial charge in [-0.25, -0.2) is 10.3 Å². The Balaban J connectivity index is 1.91. The first-order chi connectivity index (χ1) is 9.18. The molecule has 5 heteroatoms. The number of hydrogen-bond acceptors (Lipinski definition) is 5. The van der Waals surface area contributed by atoms with E-state index in [4.69, 9.17) is 9.25 Å². The van der Waals surface area contributed by atoms with Gasteiger partial charge in [-0.2, -0.15) is 0 Å². The van der Waals surface area contributed by atoms with Crippen molar-refractivity contribution in [1.29, 1.82) is 0 Å². The normalized spacial score (nSPS) is 9.68. The third kappa shape index (κ3) is 3.10. The molecule has 0 bridgehead atoms. The van der Waals surface area contributed by atoms with Gasteiger partial charge in [0.2, 0.25) is 5.78 Å². The molecule has 0 unspecified atom stereocenters. The molecule has 0 amide bonds. The summed E-state index contributed by atoms with van der Waals surface area (Å²) in [6, 6.07) is 11.5. The van der Waals surface area contributed by atoms with Crippen LogP contribution in [0, 0.1) is 0 Å². The Morgan fingerprint density at radius 1 is 1.11 bits per heavy atom. The van der Waals surface area contributed by atoms with Gasteiger partial charge in [-0.15, -0.1) is 0 Å². The number of hydroxylamine groups is 1. The molecule has 2 aromatic rings. The molecule has 0 aliphatic carbocycles. The SMILES string of the molecule is C=C(NOC(=O)c1ccccc1)C(=O)c1ccco1. The lowest BCUT2D eigenvalue weighted by atomic mass is 10.2. The Kier molecular flexibility index (Phi) is 3.78. The quantitative estimate of drug-likeness (QED) is 0.506. The molecule has 0 saturated carbocycles. The van der Waals surface area contributed by atoms with Crippen LogP contribution in [-0.2, 0) is 4.84 Å². The third-order valence-electron chi connectivity index (χ3n) is 2.30. The van der Waals surface area contributed by atoms with E-state index in [1.165, 1.54) is 12.3 Å². The summed E-state index contributed by atoms with van der Waals surface area (Å²) in [5.41, 5.74) is 2.50. The maximum atomic E-state index is 11.7. The van der Waals surface area contributed by atoms with Crippen LogP contribution in [0.1, 0.15) is 20.9 Å². The molecule has 1 heterocycles. The Morgan fingerprint density at radius 2 is 1.84 bits per heavy atom. The monoisotopic (exact) mass is 257 g/mol. The van der Waals surface area contributed by atoms with E-state index in [2.05, 4.69) is 12.1 Å². The smallest absolute Gasteiger partial charge is 0.362 e. The molecule has 1 N–H and O–H groups in total. The molecule has 0 aliphatic rings. The summed E-state index contributed by atoms with van der Waals surface area (Å²) in [6.07, 6.45) is 1.37. The molecule has 5 nitrogen and oxygen atoms in total. The van der Waals surface area contributed by atoms with Crippen LogP contribution in [0.15, 0.2) is 65.4 Å². The van der Waals surface area contributed by atoms with Crippen LogP contribution in [-0.4, -0.2) is 11.8 Å². The van der Waals surface area contributed by atoms with Gasteiger partial charge in [0.1, 0.15) is 5.70 Å². The highest BCUT2D eigenvalue weighted by Crippen LogP contribution is 2.06. The van der Waals surface area contributed by atoms with Gasteiger partial charge in [0.15, 0.2) is 5.76 Å². The van der Waals surface area contributed by atoms with Crippen LogP contribution in [0.4, 0.5) is 0 Å². The number of Topliss-reactive ketones (excluding diaryl/α,β-unsaturated/α-hetero) is 1. The van der Waals surface area contributed by atoms with Crippen molar-refractivity contribution >= 4 is 11.8 Å². The second kappa shape index (κ2) is 5.68. The Labute approximate surface area is 109 Å². The van der Waals surface area contributed by atoms with Crippen LogP contribution in [0.5, 0.6) is 0 Å². The summed E-state index contributed by atoms with van der Waals surface area (Å²) in [6.45, 7) is 3.48. The van der Waals surface area contributed by atoms with E-state index in [0.717, 1.165) is 0 Å². The Morgan fingerprint density at radius 3 is 2.47 bits per heavy atom. The van der Waals surface area contributed by atoms with Crippen LogP contribution >= 0.6 is 0 Å². The molecular weight excluding hydrogens is 246 g/mol. The van der Waals surface area contributed by atoms with E-state index >= 15 is 0 Å². The number of furan rings is 1. The van der Waals surface area contributed by atoms with Crippen molar-refractivity contribution in [3.05, 3.63) is 72.3 Å². The van der Waals surface area contributed by atoms with E-state index < -0.39 is 11.8 Å².